The van der Waals surface area contributed by atoms with Crippen molar-refractivity contribution in [1.29, 1.82) is 0 Å². The Balaban J connectivity index is 1.25. The molecule has 1 atom stereocenters. The largest absolute Gasteiger partial charge is 0.368 e. The summed E-state index contributed by atoms with van der Waals surface area (Å²) in [5.74, 6) is 1.16. The smallest absolute Gasteiger partial charge is 0.236 e. The molecule has 3 aromatic rings. The summed E-state index contributed by atoms with van der Waals surface area (Å²) in [6, 6.07) is 20.9. The van der Waals surface area contributed by atoms with E-state index in [0.29, 0.717) is 0 Å². The molecule has 5 rings (SSSR count). The molecular weight excluding hydrogens is 456 g/mol. The molecule has 2 fully saturated rings. The van der Waals surface area contributed by atoms with E-state index in [0.717, 1.165) is 63.3 Å². The molecule has 0 saturated carbocycles. The first kappa shape index (κ1) is 23.9. The normalized spacial score (nSPS) is 17.6. The topological polar surface area (TPSA) is 57.5 Å². The van der Waals surface area contributed by atoms with Gasteiger partial charge in [0.1, 0.15) is 5.82 Å². The van der Waals surface area contributed by atoms with Gasteiger partial charge in [-0.05, 0) is 50.6 Å². The van der Waals surface area contributed by atoms with Crippen LogP contribution >= 0.6 is 11.8 Å². The molecule has 35 heavy (non-hydrogen) atoms. The zero-order valence-electron chi connectivity index (χ0n) is 20.4. The average molecular weight is 491 g/mol. The molecule has 7 nitrogen and oxygen atoms in total. The summed E-state index contributed by atoms with van der Waals surface area (Å²) in [4.78, 5) is 20.1. The van der Waals surface area contributed by atoms with Gasteiger partial charge in [-0.2, -0.15) is 0 Å². The highest BCUT2D eigenvalue weighted by Crippen LogP contribution is 2.26. The highest BCUT2D eigenvalue weighted by Gasteiger charge is 2.28. The van der Waals surface area contributed by atoms with Gasteiger partial charge in [0.05, 0.1) is 18.3 Å². The van der Waals surface area contributed by atoms with Gasteiger partial charge in [-0.25, -0.2) is 0 Å². The van der Waals surface area contributed by atoms with Crippen LogP contribution in [0.15, 0.2) is 65.8 Å². The second-order valence-electron chi connectivity index (χ2n) is 9.36. The average Bonchev–Trinajstić information content (AvgIpc) is 3.56. The maximum atomic E-state index is 13.3. The zero-order chi connectivity index (χ0) is 24.0. The summed E-state index contributed by atoms with van der Waals surface area (Å²) in [6.07, 6.45) is 2.50. The number of benzene rings is 2. The third-order valence-electron chi connectivity index (χ3n) is 6.88. The van der Waals surface area contributed by atoms with E-state index >= 15 is 0 Å². The molecule has 1 aromatic heterocycles. The molecule has 2 aliphatic heterocycles. The van der Waals surface area contributed by atoms with Gasteiger partial charge in [0.2, 0.25) is 5.91 Å². The van der Waals surface area contributed by atoms with Crippen molar-refractivity contribution in [1.82, 2.24) is 24.6 Å². The predicted molar refractivity (Wildman–Crippen MR) is 141 cm³/mol. The number of anilines is 1. The van der Waals surface area contributed by atoms with Crippen molar-refractivity contribution < 1.29 is 4.79 Å². The lowest BCUT2D eigenvalue weighted by atomic mass is 10.2. The number of amides is 1. The lowest BCUT2D eigenvalue weighted by Crippen LogP contribution is -2.50. The SMILES string of the molecule is CC(Sc1nnc(CN2CCCC2)n1Cc1ccccc1)C(=O)N1CCN(c2ccccc2)CC1. The Labute approximate surface area is 212 Å². The van der Waals surface area contributed by atoms with E-state index in [9.17, 15) is 4.79 Å². The van der Waals surface area contributed by atoms with Gasteiger partial charge in [-0.3, -0.25) is 9.69 Å². The first-order valence-electron chi connectivity index (χ1n) is 12.6. The molecular formula is C27H34N6OS. The van der Waals surface area contributed by atoms with Crippen molar-refractivity contribution in [2.45, 2.75) is 43.3 Å². The van der Waals surface area contributed by atoms with E-state index < -0.39 is 0 Å². The van der Waals surface area contributed by atoms with Gasteiger partial charge in [0.15, 0.2) is 5.16 Å². The Hall–Kier alpha value is -2.84. The van der Waals surface area contributed by atoms with Crippen molar-refractivity contribution in [2.24, 2.45) is 0 Å². The number of hydrogen-bond donors (Lipinski definition) is 0. The molecule has 0 radical (unpaired) electrons. The van der Waals surface area contributed by atoms with E-state index in [1.807, 2.05) is 24.0 Å². The summed E-state index contributed by atoms with van der Waals surface area (Å²) in [5.41, 5.74) is 2.44. The summed E-state index contributed by atoms with van der Waals surface area (Å²) in [7, 11) is 0. The number of carbonyl (C=O) groups excluding carboxylic acids is 1. The van der Waals surface area contributed by atoms with Crippen LogP contribution in [0.1, 0.15) is 31.2 Å². The van der Waals surface area contributed by atoms with Crippen molar-refractivity contribution in [3.8, 4) is 0 Å². The number of hydrogen-bond acceptors (Lipinski definition) is 6. The second-order valence-corrected chi connectivity index (χ2v) is 10.7. The Kier molecular flexibility index (Phi) is 7.69. The molecule has 2 saturated heterocycles. The summed E-state index contributed by atoms with van der Waals surface area (Å²) < 4.78 is 2.20. The molecule has 0 aliphatic carbocycles. The minimum absolute atomic E-state index is 0.179. The van der Waals surface area contributed by atoms with Crippen LogP contribution in [0.5, 0.6) is 0 Å². The van der Waals surface area contributed by atoms with Gasteiger partial charge in [0, 0.05) is 31.9 Å². The van der Waals surface area contributed by atoms with Gasteiger partial charge in [-0.15, -0.1) is 10.2 Å². The minimum Gasteiger partial charge on any atom is -0.368 e. The Morgan fingerprint density at radius 2 is 1.51 bits per heavy atom. The molecule has 3 heterocycles. The molecule has 0 N–H and O–H groups in total. The van der Waals surface area contributed by atoms with Crippen molar-refractivity contribution in [2.75, 3.05) is 44.2 Å². The van der Waals surface area contributed by atoms with Crippen LogP contribution < -0.4 is 4.90 Å². The fraction of sp³-hybridized carbons (Fsp3) is 0.444. The second kappa shape index (κ2) is 11.3. The van der Waals surface area contributed by atoms with E-state index in [2.05, 4.69) is 73.1 Å². The maximum absolute atomic E-state index is 13.3. The zero-order valence-corrected chi connectivity index (χ0v) is 21.2. The van der Waals surface area contributed by atoms with E-state index in [-0.39, 0.29) is 11.2 Å². The Morgan fingerprint density at radius 1 is 0.857 bits per heavy atom. The van der Waals surface area contributed by atoms with Crippen LogP contribution in [-0.4, -0.2) is 75.0 Å². The van der Waals surface area contributed by atoms with Crippen molar-refractivity contribution in [3.63, 3.8) is 0 Å². The highest BCUT2D eigenvalue weighted by atomic mass is 32.2. The highest BCUT2D eigenvalue weighted by molar-refractivity contribution is 8.00. The molecule has 0 spiro atoms. The number of thioether (sulfide) groups is 1. The van der Waals surface area contributed by atoms with Crippen LogP contribution in [0, 0.1) is 0 Å². The van der Waals surface area contributed by atoms with Crippen LogP contribution in [0.2, 0.25) is 0 Å². The molecule has 1 amide bonds. The first-order valence-corrected chi connectivity index (χ1v) is 13.5. The number of piperazine rings is 1. The van der Waals surface area contributed by atoms with Crippen LogP contribution in [0.4, 0.5) is 5.69 Å². The molecule has 2 aromatic carbocycles. The van der Waals surface area contributed by atoms with Crippen LogP contribution in [0.3, 0.4) is 0 Å². The maximum Gasteiger partial charge on any atom is 0.236 e. The predicted octanol–water partition coefficient (Wildman–Crippen LogP) is 3.75. The van der Waals surface area contributed by atoms with Crippen LogP contribution in [0.25, 0.3) is 0 Å². The molecule has 184 valence electrons. The van der Waals surface area contributed by atoms with E-state index in [1.54, 1.807) is 0 Å². The third kappa shape index (κ3) is 5.87. The fourth-order valence-electron chi connectivity index (χ4n) is 4.88. The molecule has 1 unspecified atom stereocenters. The van der Waals surface area contributed by atoms with Gasteiger partial charge in [-0.1, -0.05) is 60.3 Å². The molecule has 8 heteroatoms. The Morgan fingerprint density at radius 3 is 2.20 bits per heavy atom. The number of aromatic nitrogens is 3. The number of nitrogens with zero attached hydrogens (tertiary/aromatic N) is 6. The van der Waals surface area contributed by atoms with Gasteiger partial charge >= 0.3 is 0 Å². The first-order chi connectivity index (χ1) is 17.2. The number of likely N-dealkylation sites (tertiary alicyclic amines) is 1. The monoisotopic (exact) mass is 490 g/mol. The van der Waals surface area contributed by atoms with Gasteiger partial charge < -0.3 is 14.4 Å². The number of rotatable bonds is 8. The standard InChI is InChI=1S/C27H34N6OS/c1-22(26(34)32-18-16-31(17-19-32)24-12-6-3-7-13-24)35-27-29-28-25(21-30-14-8-9-15-30)33(27)20-23-10-4-2-5-11-23/h2-7,10-13,22H,8-9,14-21H2,1H3. The lowest BCUT2D eigenvalue weighted by molar-refractivity contribution is -0.130. The third-order valence-corrected chi connectivity index (χ3v) is 7.95. The van der Waals surface area contributed by atoms with Gasteiger partial charge in [0.25, 0.3) is 0 Å². The number of carbonyl (C=O) groups is 1. The molecule has 0 bridgehead atoms. The molecule has 2 aliphatic rings. The lowest BCUT2D eigenvalue weighted by Gasteiger charge is -2.37. The minimum atomic E-state index is -0.211. The quantitative estimate of drug-likeness (QED) is 0.448. The van der Waals surface area contributed by atoms with E-state index in [1.165, 1.54) is 35.9 Å². The number of para-hydroxylation sites is 1. The van der Waals surface area contributed by atoms with Crippen LogP contribution in [-0.2, 0) is 17.9 Å². The summed E-state index contributed by atoms with van der Waals surface area (Å²) in [6.45, 7) is 8.97. The summed E-state index contributed by atoms with van der Waals surface area (Å²) in [5, 5.41) is 9.72. The van der Waals surface area contributed by atoms with E-state index in [4.69, 9.17) is 0 Å². The van der Waals surface area contributed by atoms with Crippen molar-refractivity contribution >= 4 is 23.4 Å². The summed E-state index contributed by atoms with van der Waals surface area (Å²) >= 11 is 1.53. The Bertz CT molecular complexity index is 1090. The van der Waals surface area contributed by atoms with Crippen molar-refractivity contribution in [3.05, 3.63) is 72.1 Å². The fourth-order valence-corrected chi connectivity index (χ4v) is 5.83.